The molecule has 1 heterocycles. The Balaban J connectivity index is 1.90. The van der Waals surface area contributed by atoms with Gasteiger partial charge in [-0.25, -0.2) is 4.98 Å². The summed E-state index contributed by atoms with van der Waals surface area (Å²) < 4.78 is 5.47. The highest BCUT2D eigenvalue weighted by Crippen LogP contribution is 2.38. The summed E-state index contributed by atoms with van der Waals surface area (Å²) in [6, 6.07) is -0.0403. The van der Waals surface area contributed by atoms with Gasteiger partial charge >= 0.3 is 0 Å². The third-order valence-corrected chi connectivity index (χ3v) is 3.77. The van der Waals surface area contributed by atoms with Crippen LogP contribution < -0.4 is 5.32 Å². The highest BCUT2D eigenvalue weighted by molar-refractivity contribution is 5.77. The lowest BCUT2D eigenvalue weighted by Crippen LogP contribution is -2.44. The van der Waals surface area contributed by atoms with Gasteiger partial charge in [0, 0.05) is 19.5 Å². The number of hydrogen-bond donors (Lipinski definition) is 2. The van der Waals surface area contributed by atoms with Gasteiger partial charge in [-0.1, -0.05) is 6.92 Å². The first-order valence-electron chi connectivity index (χ1n) is 6.53. The molecule has 1 amide bonds. The van der Waals surface area contributed by atoms with E-state index in [2.05, 4.69) is 15.3 Å². The van der Waals surface area contributed by atoms with Gasteiger partial charge in [-0.2, -0.15) is 0 Å². The predicted molar refractivity (Wildman–Crippen MR) is 68.0 cm³/mol. The van der Waals surface area contributed by atoms with Crippen LogP contribution in [0.5, 0.6) is 0 Å². The van der Waals surface area contributed by atoms with Crippen molar-refractivity contribution in [2.24, 2.45) is 0 Å². The Labute approximate surface area is 107 Å². The largest absolute Gasteiger partial charge is 0.378 e. The van der Waals surface area contributed by atoms with Crippen LogP contribution in [0.4, 0.5) is 0 Å². The van der Waals surface area contributed by atoms with Crippen LogP contribution >= 0.6 is 0 Å². The Morgan fingerprint density at radius 3 is 2.89 bits per heavy atom. The molecule has 0 saturated heterocycles. The first kappa shape index (κ1) is 13.1. The molecule has 1 aromatic rings. The molecule has 2 rings (SSSR count). The van der Waals surface area contributed by atoms with E-state index in [0.717, 1.165) is 31.5 Å². The van der Waals surface area contributed by atoms with Gasteiger partial charge in [-0.3, -0.25) is 4.79 Å². The molecule has 18 heavy (non-hydrogen) atoms. The molecule has 1 saturated carbocycles. The average molecular weight is 251 g/mol. The predicted octanol–water partition coefficient (Wildman–Crippen LogP) is 1.94. The number of H-pyrrole nitrogens is 1. The second-order valence-electron chi connectivity index (χ2n) is 4.92. The minimum atomic E-state index is -0.217. The standard InChI is InChI=1S/C13H21N3O2/c1-3-10(12-14-7-8-15-12)16-11(17)9-13(18-2)5-4-6-13/h7-8,10H,3-6,9H2,1-2H3,(H,14,15)(H,16,17). The summed E-state index contributed by atoms with van der Waals surface area (Å²) in [4.78, 5) is 19.3. The molecule has 100 valence electrons. The number of imidazole rings is 1. The third kappa shape index (κ3) is 2.72. The number of nitrogens with zero attached hydrogens (tertiary/aromatic N) is 1. The number of carbonyl (C=O) groups is 1. The van der Waals surface area contributed by atoms with Crippen molar-refractivity contribution in [1.82, 2.24) is 15.3 Å². The van der Waals surface area contributed by atoms with E-state index in [9.17, 15) is 4.79 Å². The molecule has 1 fully saturated rings. The molecule has 2 N–H and O–H groups in total. The molecule has 0 spiro atoms. The monoisotopic (exact) mass is 251 g/mol. The molecule has 1 aliphatic carbocycles. The van der Waals surface area contributed by atoms with E-state index in [-0.39, 0.29) is 17.6 Å². The van der Waals surface area contributed by atoms with E-state index in [0.29, 0.717) is 6.42 Å². The molecule has 5 nitrogen and oxygen atoms in total. The van der Waals surface area contributed by atoms with Crippen LogP contribution in [-0.4, -0.2) is 28.6 Å². The van der Waals surface area contributed by atoms with Gasteiger partial charge in [0.05, 0.1) is 18.1 Å². The summed E-state index contributed by atoms with van der Waals surface area (Å²) in [7, 11) is 1.69. The molecule has 1 aliphatic rings. The number of methoxy groups -OCH3 is 1. The topological polar surface area (TPSA) is 67.0 Å². The first-order chi connectivity index (χ1) is 8.69. The maximum Gasteiger partial charge on any atom is 0.223 e. The van der Waals surface area contributed by atoms with E-state index in [1.54, 1.807) is 19.5 Å². The smallest absolute Gasteiger partial charge is 0.223 e. The van der Waals surface area contributed by atoms with Crippen LogP contribution in [0.2, 0.25) is 0 Å². The zero-order valence-corrected chi connectivity index (χ0v) is 11.0. The number of amides is 1. The van der Waals surface area contributed by atoms with Crippen LogP contribution in [0.25, 0.3) is 0 Å². The van der Waals surface area contributed by atoms with Gasteiger partial charge < -0.3 is 15.0 Å². The van der Waals surface area contributed by atoms with Crippen molar-refractivity contribution < 1.29 is 9.53 Å². The van der Waals surface area contributed by atoms with E-state index in [4.69, 9.17) is 4.74 Å². The average Bonchev–Trinajstić information content (AvgIpc) is 2.84. The fraction of sp³-hybridized carbons (Fsp3) is 0.692. The van der Waals surface area contributed by atoms with Gasteiger partial charge in [-0.15, -0.1) is 0 Å². The van der Waals surface area contributed by atoms with Crippen molar-refractivity contribution in [2.75, 3.05) is 7.11 Å². The molecule has 1 atom stereocenters. The lowest BCUT2D eigenvalue weighted by Gasteiger charge is -2.40. The fourth-order valence-corrected chi connectivity index (χ4v) is 2.39. The summed E-state index contributed by atoms with van der Waals surface area (Å²) in [6.45, 7) is 2.03. The summed E-state index contributed by atoms with van der Waals surface area (Å²) in [6.07, 6.45) is 7.85. The van der Waals surface area contributed by atoms with E-state index < -0.39 is 0 Å². The molecule has 5 heteroatoms. The zero-order valence-electron chi connectivity index (χ0n) is 11.0. The quantitative estimate of drug-likeness (QED) is 0.812. The van der Waals surface area contributed by atoms with Gasteiger partial charge in [0.2, 0.25) is 5.91 Å². The van der Waals surface area contributed by atoms with E-state index in [1.807, 2.05) is 6.92 Å². The lowest BCUT2D eigenvalue weighted by atomic mass is 9.77. The minimum absolute atomic E-state index is 0.0403. The normalized spacial score (nSPS) is 19.0. The van der Waals surface area contributed by atoms with Crippen molar-refractivity contribution in [3.63, 3.8) is 0 Å². The van der Waals surface area contributed by atoms with Crippen molar-refractivity contribution in [3.05, 3.63) is 18.2 Å². The maximum absolute atomic E-state index is 12.0. The van der Waals surface area contributed by atoms with Crippen molar-refractivity contribution in [2.45, 2.75) is 50.7 Å². The second-order valence-corrected chi connectivity index (χ2v) is 4.92. The number of nitrogens with one attached hydrogen (secondary N) is 2. The first-order valence-corrected chi connectivity index (χ1v) is 6.53. The summed E-state index contributed by atoms with van der Waals surface area (Å²) in [5, 5.41) is 3.01. The van der Waals surface area contributed by atoms with Gasteiger partial charge in [0.1, 0.15) is 5.82 Å². The van der Waals surface area contributed by atoms with Crippen LogP contribution in [-0.2, 0) is 9.53 Å². The highest BCUT2D eigenvalue weighted by Gasteiger charge is 2.39. The molecule has 0 aromatic carbocycles. The number of hydrogen-bond acceptors (Lipinski definition) is 3. The Morgan fingerprint density at radius 2 is 2.44 bits per heavy atom. The minimum Gasteiger partial charge on any atom is -0.378 e. The van der Waals surface area contributed by atoms with Crippen LogP contribution in [0.1, 0.15) is 50.9 Å². The Hall–Kier alpha value is -1.36. The Bertz CT molecular complexity index is 379. The summed E-state index contributed by atoms with van der Waals surface area (Å²) in [5.41, 5.74) is -0.217. The van der Waals surface area contributed by atoms with E-state index >= 15 is 0 Å². The maximum atomic E-state index is 12.0. The molecule has 0 radical (unpaired) electrons. The number of aromatic amines is 1. The lowest BCUT2D eigenvalue weighted by molar-refractivity contribution is -0.135. The van der Waals surface area contributed by atoms with Crippen LogP contribution in [0.3, 0.4) is 0 Å². The van der Waals surface area contributed by atoms with Crippen molar-refractivity contribution >= 4 is 5.91 Å². The second kappa shape index (κ2) is 5.52. The van der Waals surface area contributed by atoms with Gasteiger partial charge in [0.15, 0.2) is 0 Å². The highest BCUT2D eigenvalue weighted by atomic mass is 16.5. The van der Waals surface area contributed by atoms with Crippen molar-refractivity contribution in [3.8, 4) is 0 Å². The number of ether oxygens (including phenoxy) is 1. The number of aromatic nitrogens is 2. The SMILES string of the molecule is CCC(NC(=O)CC1(OC)CCC1)c1ncc[nH]1. The number of carbonyl (C=O) groups excluding carboxylic acids is 1. The van der Waals surface area contributed by atoms with E-state index in [1.165, 1.54) is 0 Å². The molecular weight excluding hydrogens is 230 g/mol. The van der Waals surface area contributed by atoms with Gasteiger partial charge in [-0.05, 0) is 25.7 Å². The fourth-order valence-electron chi connectivity index (χ4n) is 2.39. The van der Waals surface area contributed by atoms with Crippen LogP contribution in [0, 0.1) is 0 Å². The molecule has 1 aromatic heterocycles. The Morgan fingerprint density at radius 1 is 1.67 bits per heavy atom. The molecule has 0 bridgehead atoms. The van der Waals surface area contributed by atoms with Crippen molar-refractivity contribution in [1.29, 1.82) is 0 Å². The number of rotatable bonds is 6. The van der Waals surface area contributed by atoms with Crippen LogP contribution in [0.15, 0.2) is 12.4 Å². The Kier molecular flexibility index (Phi) is 4.01. The summed E-state index contributed by atoms with van der Waals surface area (Å²) >= 11 is 0. The summed E-state index contributed by atoms with van der Waals surface area (Å²) in [5.74, 6) is 0.853. The molecule has 0 aliphatic heterocycles. The molecule has 1 unspecified atom stereocenters. The zero-order chi connectivity index (χ0) is 13.0. The third-order valence-electron chi connectivity index (χ3n) is 3.77. The molecular formula is C13H21N3O2. The van der Waals surface area contributed by atoms with Gasteiger partial charge in [0.25, 0.3) is 0 Å².